The summed E-state index contributed by atoms with van der Waals surface area (Å²) in [6.45, 7) is 6.74. The molecule has 4 fully saturated rings. The van der Waals surface area contributed by atoms with E-state index in [4.69, 9.17) is 0 Å². The third-order valence-electron chi connectivity index (χ3n) is 9.27. The molecule has 0 heterocycles. The van der Waals surface area contributed by atoms with E-state index in [1.54, 1.807) is 0 Å². The molecule has 0 aromatic carbocycles. The summed E-state index contributed by atoms with van der Waals surface area (Å²) in [6, 6.07) is 0. The van der Waals surface area contributed by atoms with Crippen LogP contribution in [0.15, 0.2) is 0 Å². The van der Waals surface area contributed by atoms with Crippen molar-refractivity contribution in [2.24, 2.45) is 40.4 Å². The molecule has 0 amide bonds. The fourth-order valence-corrected chi connectivity index (χ4v) is 8.09. The number of aliphatic hydroxyl groups is 3. The molecule has 4 rings (SSSR count). The second kappa shape index (κ2) is 5.69. The van der Waals surface area contributed by atoms with Gasteiger partial charge in [-0.25, -0.2) is 0 Å². The third-order valence-corrected chi connectivity index (χ3v) is 9.27. The van der Waals surface area contributed by atoms with Crippen LogP contribution in [0.25, 0.3) is 0 Å². The molecule has 0 spiro atoms. The van der Waals surface area contributed by atoms with Crippen LogP contribution in [0.2, 0.25) is 0 Å². The van der Waals surface area contributed by atoms with E-state index in [-0.39, 0.29) is 29.6 Å². The zero-order chi connectivity index (χ0) is 17.3. The van der Waals surface area contributed by atoms with Crippen molar-refractivity contribution < 1.29 is 15.3 Å². The summed E-state index contributed by atoms with van der Waals surface area (Å²) in [5, 5.41) is 31.3. The van der Waals surface area contributed by atoms with Crippen LogP contribution in [-0.4, -0.2) is 33.6 Å². The number of hydrogen-bond acceptors (Lipinski definition) is 3. The van der Waals surface area contributed by atoms with Gasteiger partial charge in [-0.3, -0.25) is 0 Å². The zero-order valence-electron chi connectivity index (χ0n) is 15.6. The van der Waals surface area contributed by atoms with Crippen molar-refractivity contribution in [3.63, 3.8) is 0 Å². The van der Waals surface area contributed by atoms with Crippen LogP contribution in [0.4, 0.5) is 0 Å². The second-order valence-corrected chi connectivity index (χ2v) is 10.2. The summed E-state index contributed by atoms with van der Waals surface area (Å²) in [7, 11) is 0. The lowest BCUT2D eigenvalue weighted by atomic mass is 9.44. The highest BCUT2D eigenvalue weighted by atomic mass is 16.3. The van der Waals surface area contributed by atoms with Gasteiger partial charge >= 0.3 is 0 Å². The number of hydrogen-bond donors (Lipinski definition) is 3. The summed E-state index contributed by atoms with van der Waals surface area (Å²) in [5.74, 6) is 2.58. The summed E-state index contributed by atoms with van der Waals surface area (Å²) >= 11 is 0. The van der Waals surface area contributed by atoms with Gasteiger partial charge in [0.15, 0.2) is 0 Å². The Morgan fingerprint density at radius 3 is 2.33 bits per heavy atom. The first kappa shape index (κ1) is 17.3. The van der Waals surface area contributed by atoms with Gasteiger partial charge in [0, 0.05) is 0 Å². The van der Waals surface area contributed by atoms with E-state index >= 15 is 0 Å². The van der Waals surface area contributed by atoms with Crippen LogP contribution >= 0.6 is 0 Å². The van der Waals surface area contributed by atoms with Gasteiger partial charge in [0.25, 0.3) is 0 Å². The average Bonchev–Trinajstić information content (AvgIpc) is 2.80. The molecule has 24 heavy (non-hydrogen) atoms. The van der Waals surface area contributed by atoms with Crippen LogP contribution in [0.1, 0.15) is 72.1 Å². The highest BCUT2D eigenvalue weighted by Gasteiger charge is 2.63. The Kier molecular flexibility index (Phi) is 4.10. The third kappa shape index (κ3) is 2.27. The van der Waals surface area contributed by atoms with E-state index in [1.807, 2.05) is 6.92 Å². The average molecular weight is 337 g/mol. The van der Waals surface area contributed by atoms with Crippen LogP contribution < -0.4 is 0 Å². The molecule has 3 nitrogen and oxygen atoms in total. The molecule has 0 aliphatic heterocycles. The van der Waals surface area contributed by atoms with Crippen molar-refractivity contribution in [1.29, 1.82) is 0 Å². The van der Waals surface area contributed by atoms with Crippen molar-refractivity contribution in [2.75, 3.05) is 0 Å². The van der Waals surface area contributed by atoms with Gasteiger partial charge in [-0.05, 0) is 98.7 Å². The predicted octanol–water partition coefficient (Wildman–Crippen LogP) is 3.36. The Morgan fingerprint density at radius 2 is 1.62 bits per heavy atom. The van der Waals surface area contributed by atoms with E-state index in [1.165, 1.54) is 19.3 Å². The van der Waals surface area contributed by atoms with E-state index < -0.39 is 0 Å². The lowest BCUT2D eigenvalue weighted by Crippen LogP contribution is -2.55. The Bertz CT molecular complexity index is 491. The Morgan fingerprint density at radius 1 is 0.917 bits per heavy atom. The van der Waals surface area contributed by atoms with Gasteiger partial charge in [0.1, 0.15) is 0 Å². The SMILES string of the molecule is CC(O)C1CC(O)C2C3CCC4CC(O)CCC4(C)C3CCC12C. The molecule has 10 unspecified atom stereocenters. The molecule has 10 atom stereocenters. The fraction of sp³-hybridized carbons (Fsp3) is 1.00. The second-order valence-electron chi connectivity index (χ2n) is 10.2. The molecular weight excluding hydrogens is 300 g/mol. The molecule has 3 N–H and O–H groups in total. The predicted molar refractivity (Wildman–Crippen MR) is 94.3 cm³/mol. The van der Waals surface area contributed by atoms with Crippen LogP contribution in [-0.2, 0) is 0 Å². The van der Waals surface area contributed by atoms with Gasteiger partial charge in [-0.15, -0.1) is 0 Å². The largest absolute Gasteiger partial charge is 0.393 e. The summed E-state index contributed by atoms with van der Waals surface area (Å²) in [6.07, 6.45) is 8.05. The van der Waals surface area contributed by atoms with Crippen molar-refractivity contribution in [1.82, 2.24) is 0 Å². The molecule has 3 heteroatoms. The van der Waals surface area contributed by atoms with E-state index in [0.717, 1.165) is 32.1 Å². The molecule has 0 aromatic heterocycles. The molecule has 4 aliphatic carbocycles. The lowest BCUT2D eigenvalue weighted by molar-refractivity contribution is -0.144. The maximum absolute atomic E-state index is 10.9. The van der Waals surface area contributed by atoms with Gasteiger partial charge in [0.05, 0.1) is 18.3 Å². The summed E-state index contributed by atoms with van der Waals surface area (Å²) in [5.41, 5.74) is 0.457. The van der Waals surface area contributed by atoms with Crippen molar-refractivity contribution in [3.05, 3.63) is 0 Å². The van der Waals surface area contributed by atoms with E-state index in [0.29, 0.717) is 29.1 Å². The van der Waals surface area contributed by atoms with Crippen LogP contribution in [0.5, 0.6) is 0 Å². The number of aliphatic hydroxyl groups excluding tert-OH is 3. The first-order chi connectivity index (χ1) is 11.3. The quantitative estimate of drug-likeness (QED) is 0.688. The van der Waals surface area contributed by atoms with E-state index in [2.05, 4.69) is 13.8 Å². The van der Waals surface area contributed by atoms with Crippen LogP contribution in [0, 0.1) is 40.4 Å². The minimum atomic E-state index is -0.317. The maximum Gasteiger partial charge on any atom is 0.0580 e. The Hall–Kier alpha value is -0.120. The molecular formula is C21H36O3. The zero-order valence-corrected chi connectivity index (χ0v) is 15.6. The van der Waals surface area contributed by atoms with Gasteiger partial charge in [-0.2, -0.15) is 0 Å². The fourth-order valence-electron chi connectivity index (χ4n) is 8.09. The van der Waals surface area contributed by atoms with Gasteiger partial charge in [-0.1, -0.05) is 13.8 Å². The first-order valence-corrected chi connectivity index (χ1v) is 10.3. The molecule has 138 valence electrons. The smallest absolute Gasteiger partial charge is 0.0580 e. The molecule has 0 radical (unpaired) electrons. The minimum Gasteiger partial charge on any atom is -0.393 e. The topological polar surface area (TPSA) is 60.7 Å². The molecule has 4 aliphatic rings. The van der Waals surface area contributed by atoms with Gasteiger partial charge < -0.3 is 15.3 Å². The van der Waals surface area contributed by atoms with Crippen LogP contribution in [0.3, 0.4) is 0 Å². The lowest BCUT2D eigenvalue weighted by Gasteiger charge is -2.61. The Labute approximate surface area is 146 Å². The Balaban J connectivity index is 1.64. The number of fused-ring (bicyclic) bond motifs is 5. The van der Waals surface area contributed by atoms with Crippen molar-refractivity contribution in [2.45, 2.75) is 90.4 Å². The van der Waals surface area contributed by atoms with Gasteiger partial charge in [0.2, 0.25) is 0 Å². The molecule has 0 bridgehead atoms. The van der Waals surface area contributed by atoms with E-state index in [9.17, 15) is 15.3 Å². The molecule has 0 aromatic rings. The highest BCUT2D eigenvalue weighted by molar-refractivity contribution is 5.12. The number of rotatable bonds is 1. The summed E-state index contributed by atoms with van der Waals surface area (Å²) in [4.78, 5) is 0. The molecule has 0 saturated heterocycles. The summed E-state index contributed by atoms with van der Waals surface area (Å²) < 4.78 is 0. The maximum atomic E-state index is 10.9. The minimum absolute atomic E-state index is 0.0924. The molecule has 4 saturated carbocycles. The highest BCUT2D eigenvalue weighted by Crippen LogP contribution is 2.67. The standard InChI is InChI=1S/C21H36O3/c1-12(22)17-11-18(24)19-15-5-4-13-10-14(23)6-8-20(13,2)16(15)7-9-21(17,19)3/h12-19,22-24H,4-11H2,1-3H3. The van der Waals surface area contributed by atoms with Crippen molar-refractivity contribution in [3.8, 4) is 0 Å². The normalized spacial score (nSPS) is 58.5. The van der Waals surface area contributed by atoms with Crippen molar-refractivity contribution >= 4 is 0 Å². The monoisotopic (exact) mass is 336 g/mol. The first-order valence-electron chi connectivity index (χ1n) is 10.3.